The Morgan fingerprint density at radius 3 is 2.77 bits per heavy atom. The summed E-state index contributed by atoms with van der Waals surface area (Å²) in [4.78, 5) is 25.8. The summed E-state index contributed by atoms with van der Waals surface area (Å²) < 4.78 is 16.6. The van der Waals surface area contributed by atoms with Crippen molar-refractivity contribution in [3.63, 3.8) is 0 Å². The Kier molecular flexibility index (Phi) is 3.24. The Balaban J connectivity index is 1.67. The molecule has 0 bridgehead atoms. The number of carbonyl (C=O) groups excluding carboxylic acids is 2. The van der Waals surface area contributed by atoms with E-state index in [9.17, 15) is 14.7 Å². The van der Waals surface area contributed by atoms with Gasteiger partial charge in [0.2, 0.25) is 0 Å². The highest BCUT2D eigenvalue weighted by molar-refractivity contribution is 5.89. The molecule has 2 fully saturated rings. The zero-order valence-electron chi connectivity index (χ0n) is 14.7. The van der Waals surface area contributed by atoms with Crippen molar-refractivity contribution in [2.75, 3.05) is 6.61 Å². The maximum atomic E-state index is 13.2. The van der Waals surface area contributed by atoms with Crippen LogP contribution in [0.4, 0.5) is 0 Å². The van der Waals surface area contributed by atoms with Gasteiger partial charge < -0.3 is 19.0 Å². The lowest BCUT2D eigenvalue weighted by Gasteiger charge is -2.45. The zero-order chi connectivity index (χ0) is 18.1. The topological polar surface area (TPSA) is 86.0 Å². The number of aliphatic hydroxyl groups is 1. The van der Waals surface area contributed by atoms with E-state index in [0.29, 0.717) is 19.3 Å². The van der Waals surface area contributed by atoms with Crippen LogP contribution in [0.1, 0.15) is 50.7 Å². The van der Waals surface area contributed by atoms with E-state index < -0.39 is 10.8 Å². The summed E-state index contributed by atoms with van der Waals surface area (Å²) in [5.41, 5.74) is 1.03. The van der Waals surface area contributed by atoms with Gasteiger partial charge >= 0.3 is 11.9 Å². The Labute approximate surface area is 151 Å². The fourth-order valence-corrected chi connectivity index (χ4v) is 5.76. The monoisotopic (exact) mass is 358 g/mol. The minimum atomic E-state index is -0.959. The molecule has 2 aliphatic heterocycles. The van der Waals surface area contributed by atoms with Gasteiger partial charge in [0.1, 0.15) is 17.6 Å². The van der Waals surface area contributed by atoms with Crippen molar-refractivity contribution in [1.82, 2.24) is 0 Å². The molecule has 0 radical (unpaired) electrons. The summed E-state index contributed by atoms with van der Waals surface area (Å²) in [6.45, 7) is 1.79. The van der Waals surface area contributed by atoms with E-state index in [1.165, 1.54) is 0 Å². The molecular formula is C20H22O6. The first-order valence-electron chi connectivity index (χ1n) is 9.32. The number of fused-ring (bicyclic) bond motifs is 1. The third-order valence-electron chi connectivity index (χ3n) is 7.09. The lowest BCUT2D eigenvalue weighted by atomic mass is 9.54. The minimum Gasteiger partial charge on any atom is -0.472 e. The summed E-state index contributed by atoms with van der Waals surface area (Å²) in [6.07, 6.45) is 5.79. The molecule has 2 aliphatic carbocycles. The maximum absolute atomic E-state index is 13.2. The Bertz CT molecular complexity index is 808. The van der Waals surface area contributed by atoms with Gasteiger partial charge in [0.25, 0.3) is 0 Å². The largest absolute Gasteiger partial charge is 0.472 e. The standard InChI is InChI=1S/C20H22O6/c1-11-7-14-16-13(3-2-5-19(16,10-21)17(22)25-14)20(11)8-15(26-18(20)23)12-4-6-24-9-12/h4,6,9,11,14-15,21H,2-3,5,7-8,10H2,1H3/t11-,14-,15+,19-,20-/m1/s1. The highest BCUT2D eigenvalue weighted by Gasteiger charge is 2.66. The van der Waals surface area contributed by atoms with Crippen LogP contribution in [0.15, 0.2) is 34.2 Å². The molecule has 0 saturated carbocycles. The second-order valence-electron chi connectivity index (χ2n) is 8.14. The Morgan fingerprint density at radius 1 is 1.23 bits per heavy atom. The predicted molar refractivity (Wildman–Crippen MR) is 88.6 cm³/mol. The zero-order valence-corrected chi connectivity index (χ0v) is 14.7. The number of furan rings is 1. The maximum Gasteiger partial charge on any atom is 0.319 e. The third-order valence-corrected chi connectivity index (χ3v) is 7.09. The smallest absolute Gasteiger partial charge is 0.319 e. The van der Waals surface area contributed by atoms with Crippen LogP contribution >= 0.6 is 0 Å². The first-order chi connectivity index (χ1) is 12.5. The van der Waals surface area contributed by atoms with Crippen LogP contribution in [-0.4, -0.2) is 29.8 Å². The van der Waals surface area contributed by atoms with Crippen LogP contribution in [0.3, 0.4) is 0 Å². The van der Waals surface area contributed by atoms with Crippen LogP contribution in [0.25, 0.3) is 0 Å². The van der Waals surface area contributed by atoms with Gasteiger partial charge in [0, 0.05) is 12.0 Å². The highest BCUT2D eigenvalue weighted by Crippen LogP contribution is 2.63. The van der Waals surface area contributed by atoms with E-state index in [1.807, 2.05) is 13.0 Å². The average molecular weight is 358 g/mol. The number of rotatable bonds is 2. The average Bonchev–Trinajstić information content (AvgIpc) is 3.32. The van der Waals surface area contributed by atoms with Crippen molar-refractivity contribution in [3.8, 4) is 0 Å². The molecule has 2 saturated heterocycles. The van der Waals surface area contributed by atoms with Crippen molar-refractivity contribution < 1.29 is 28.6 Å². The van der Waals surface area contributed by atoms with Gasteiger partial charge in [0.05, 0.1) is 24.5 Å². The van der Waals surface area contributed by atoms with Gasteiger partial charge in [0.15, 0.2) is 0 Å². The number of hydrogen-bond acceptors (Lipinski definition) is 6. The summed E-state index contributed by atoms with van der Waals surface area (Å²) in [5, 5.41) is 10.1. The lowest BCUT2D eigenvalue weighted by molar-refractivity contribution is -0.151. The van der Waals surface area contributed by atoms with Crippen molar-refractivity contribution in [2.24, 2.45) is 16.7 Å². The van der Waals surface area contributed by atoms with Gasteiger partial charge in [-0.25, -0.2) is 0 Å². The number of hydrogen-bond donors (Lipinski definition) is 1. The fourth-order valence-electron chi connectivity index (χ4n) is 5.76. The van der Waals surface area contributed by atoms with E-state index in [4.69, 9.17) is 13.9 Å². The number of aliphatic hydroxyl groups excluding tert-OH is 1. The molecule has 3 heterocycles. The molecule has 1 aromatic rings. The molecule has 1 N–H and O–H groups in total. The number of esters is 2. The molecule has 4 aliphatic rings. The molecule has 1 spiro atoms. The van der Waals surface area contributed by atoms with Crippen LogP contribution in [0.5, 0.6) is 0 Å². The molecule has 138 valence electrons. The predicted octanol–water partition coefficient (Wildman–Crippen LogP) is 2.68. The molecule has 6 heteroatoms. The summed E-state index contributed by atoms with van der Waals surface area (Å²) in [7, 11) is 0. The van der Waals surface area contributed by atoms with Gasteiger partial charge in [-0.1, -0.05) is 6.92 Å². The van der Waals surface area contributed by atoms with E-state index in [1.54, 1.807) is 12.5 Å². The molecular weight excluding hydrogens is 336 g/mol. The quantitative estimate of drug-likeness (QED) is 0.646. The molecule has 6 nitrogen and oxygen atoms in total. The highest BCUT2D eigenvalue weighted by atomic mass is 16.6. The summed E-state index contributed by atoms with van der Waals surface area (Å²) >= 11 is 0. The molecule has 0 aromatic carbocycles. The normalized spacial score (nSPS) is 41.4. The molecule has 26 heavy (non-hydrogen) atoms. The fraction of sp³-hybridized carbons (Fsp3) is 0.600. The number of ether oxygens (including phenoxy) is 2. The first-order valence-corrected chi connectivity index (χ1v) is 9.32. The van der Waals surface area contributed by atoms with Gasteiger partial charge in [-0.2, -0.15) is 0 Å². The molecule has 5 atom stereocenters. The van der Waals surface area contributed by atoms with Crippen LogP contribution < -0.4 is 0 Å². The van der Waals surface area contributed by atoms with Gasteiger partial charge in [-0.3, -0.25) is 9.59 Å². The molecule has 0 amide bonds. The first kappa shape index (κ1) is 16.1. The Morgan fingerprint density at radius 2 is 2.04 bits per heavy atom. The lowest BCUT2D eigenvalue weighted by Crippen LogP contribution is -2.47. The number of cyclic esters (lactones) is 1. The van der Waals surface area contributed by atoms with Crippen LogP contribution in [-0.2, 0) is 19.1 Å². The second-order valence-corrected chi connectivity index (χ2v) is 8.14. The molecule has 1 aromatic heterocycles. The van der Waals surface area contributed by atoms with Crippen LogP contribution in [0, 0.1) is 16.7 Å². The summed E-state index contributed by atoms with van der Waals surface area (Å²) in [6, 6.07) is 1.83. The summed E-state index contributed by atoms with van der Waals surface area (Å²) in [5.74, 6) is -0.541. The van der Waals surface area contributed by atoms with E-state index >= 15 is 0 Å². The van der Waals surface area contributed by atoms with Crippen LogP contribution in [0.2, 0.25) is 0 Å². The minimum absolute atomic E-state index is 0.0102. The van der Waals surface area contributed by atoms with Crippen molar-refractivity contribution in [3.05, 3.63) is 35.3 Å². The molecule has 5 rings (SSSR count). The van der Waals surface area contributed by atoms with E-state index in [2.05, 4.69) is 0 Å². The van der Waals surface area contributed by atoms with Gasteiger partial charge in [-0.15, -0.1) is 0 Å². The SMILES string of the molecule is C[C@@H]1C[C@H]2OC(=O)[C@@]3(CO)CCCC(=C23)[C@@]12C[C@@H](c1ccoc1)OC2=O. The number of carbonyl (C=O) groups is 2. The Hall–Kier alpha value is -2.08. The molecule has 0 unspecified atom stereocenters. The van der Waals surface area contributed by atoms with E-state index in [-0.39, 0.29) is 36.7 Å². The third kappa shape index (κ3) is 1.76. The van der Waals surface area contributed by atoms with E-state index in [0.717, 1.165) is 29.6 Å². The second kappa shape index (κ2) is 5.22. The van der Waals surface area contributed by atoms with Crippen molar-refractivity contribution in [2.45, 2.75) is 51.2 Å². The van der Waals surface area contributed by atoms with Crippen molar-refractivity contribution in [1.29, 1.82) is 0 Å². The van der Waals surface area contributed by atoms with Gasteiger partial charge in [-0.05, 0) is 48.8 Å². The van der Waals surface area contributed by atoms with Crippen molar-refractivity contribution >= 4 is 11.9 Å².